The predicted molar refractivity (Wildman–Crippen MR) is 118 cm³/mol. The van der Waals surface area contributed by atoms with E-state index >= 15 is 0 Å². The molecule has 1 aliphatic rings. The Hall–Kier alpha value is -3.11. The number of ether oxygens (including phenoxy) is 1. The number of benzene rings is 3. The highest BCUT2D eigenvalue weighted by Crippen LogP contribution is 2.39. The van der Waals surface area contributed by atoms with Crippen molar-refractivity contribution in [1.82, 2.24) is 9.88 Å². The molecule has 0 spiro atoms. The van der Waals surface area contributed by atoms with Gasteiger partial charge in [0.05, 0.1) is 18.3 Å². The minimum atomic E-state index is 0.145. The van der Waals surface area contributed by atoms with Crippen molar-refractivity contribution < 1.29 is 9.84 Å². The highest BCUT2D eigenvalue weighted by Gasteiger charge is 2.24. The van der Waals surface area contributed by atoms with Crippen LogP contribution in [-0.4, -0.2) is 35.2 Å². The molecule has 2 heterocycles. The minimum Gasteiger partial charge on any atom is -0.504 e. The topological polar surface area (TPSA) is 45.6 Å². The molecule has 29 heavy (non-hydrogen) atoms. The van der Waals surface area contributed by atoms with Gasteiger partial charge >= 0.3 is 0 Å². The third-order valence-corrected chi connectivity index (χ3v) is 6.05. The van der Waals surface area contributed by atoms with E-state index in [0.29, 0.717) is 5.75 Å². The van der Waals surface area contributed by atoms with Gasteiger partial charge in [-0.3, -0.25) is 4.90 Å². The van der Waals surface area contributed by atoms with Gasteiger partial charge in [0.15, 0.2) is 11.5 Å². The molecule has 0 aliphatic carbocycles. The summed E-state index contributed by atoms with van der Waals surface area (Å²) in [6.45, 7) is 5.17. The molecule has 5 rings (SSSR count). The quantitative estimate of drug-likeness (QED) is 0.496. The number of phenolic OH excluding ortho intramolecular Hbond substituents is 1. The van der Waals surface area contributed by atoms with Gasteiger partial charge in [-0.15, -0.1) is 0 Å². The van der Waals surface area contributed by atoms with Crippen molar-refractivity contribution >= 4 is 21.7 Å². The third-order valence-electron chi connectivity index (χ3n) is 6.05. The maximum atomic E-state index is 10.0. The summed E-state index contributed by atoms with van der Waals surface area (Å²) < 4.78 is 5.35. The van der Waals surface area contributed by atoms with Crippen molar-refractivity contribution in [3.05, 3.63) is 65.7 Å². The molecule has 4 aromatic rings. The van der Waals surface area contributed by atoms with Crippen molar-refractivity contribution in [3.63, 3.8) is 0 Å². The summed E-state index contributed by atoms with van der Waals surface area (Å²) in [6.07, 6.45) is 1.01. The second kappa shape index (κ2) is 7.05. The second-order valence-electron chi connectivity index (χ2n) is 7.60. The molecular weight excluding hydrogens is 360 g/mol. The van der Waals surface area contributed by atoms with E-state index in [2.05, 4.69) is 48.2 Å². The standard InChI is InChI=1S/C25H24N2O2/c1-3-27-13-12-19-20(15-27)25(17-9-11-22(28)23(14-17)29-2)26-21-10-8-16-6-4-5-7-18(16)24(19)21/h4-11,14,28H,3,12-13,15H2,1-2H3. The van der Waals surface area contributed by atoms with Gasteiger partial charge in [0.1, 0.15) is 0 Å². The number of rotatable bonds is 3. The van der Waals surface area contributed by atoms with E-state index in [1.165, 1.54) is 27.3 Å². The van der Waals surface area contributed by atoms with Gasteiger partial charge in [0, 0.05) is 24.0 Å². The molecule has 0 saturated heterocycles. The Morgan fingerprint density at radius 1 is 1.07 bits per heavy atom. The lowest BCUT2D eigenvalue weighted by Gasteiger charge is -2.30. The summed E-state index contributed by atoms with van der Waals surface area (Å²) in [5.41, 5.74) is 5.67. The van der Waals surface area contributed by atoms with Crippen LogP contribution < -0.4 is 4.74 Å². The van der Waals surface area contributed by atoms with Gasteiger partial charge in [-0.1, -0.05) is 37.3 Å². The van der Waals surface area contributed by atoms with E-state index in [1.54, 1.807) is 13.2 Å². The Kier molecular flexibility index (Phi) is 4.36. The largest absolute Gasteiger partial charge is 0.504 e. The Bertz CT molecular complexity index is 1230. The van der Waals surface area contributed by atoms with Crippen LogP contribution in [0.3, 0.4) is 0 Å². The molecular formula is C25H24N2O2. The number of methoxy groups -OCH3 is 1. The van der Waals surface area contributed by atoms with E-state index in [4.69, 9.17) is 9.72 Å². The number of hydrogen-bond donors (Lipinski definition) is 1. The molecule has 1 N–H and O–H groups in total. The highest BCUT2D eigenvalue weighted by atomic mass is 16.5. The maximum absolute atomic E-state index is 10.0. The number of aromatic hydroxyl groups is 1. The van der Waals surface area contributed by atoms with E-state index < -0.39 is 0 Å². The summed E-state index contributed by atoms with van der Waals surface area (Å²) in [6, 6.07) is 18.3. The number of phenols is 1. The first-order valence-electron chi connectivity index (χ1n) is 10.1. The van der Waals surface area contributed by atoms with Gasteiger partial charge < -0.3 is 9.84 Å². The summed E-state index contributed by atoms with van der Waals surface area (Å²) >= 11 is 0. The molecule has 0 unspecified atom stereocenters. The first-order valence-corrected chi connectivity index (χ1v) is 10.1. The van der Waals surface area contributed by atoms with Crippen molar-refractivity contribution in [2.75, 3.05) is 20.2 Å². The van der Waals surface area contributed by atoms with Crippen LogP contribution in [0.1, 0.15) is 18.1 Å². The zero-order valence-electron chi connectivity index (χ0n) is 16.8. The van der Waals surface area contributed by atoms with Crippen molar-refractivity contribution in [2.45, 2.75) is 19.9 Å². The minimum absolute atomic E-state index is 0.145. The molecule has 0 fully saturated rings. The molecule has 4 nitrogen and oxygen atoms in total. The molecule has 1 aliphatic heterocycles. The Balaban J connectivity index is 1.84. The fourth-order valence-electron chi connectivity index (χ4n) is 4.50. The third kappa shape index (κ3) is 2.91. The molecule has 0 amide bonds. The van der Waals surface area contributed by atoms with Crippen molar-refractivity contribution in [1.29, 1.82) is 0 Å². The summed E-state index contributed by atoms with van der Waals surface area (Å²) in [7, 11) is 1.58. The molecule has 0 atom stereocenters. The predicted octanol–water partition coefficient (Wildman–Crippen LogP) is 5.15. The first-order chi connectivity index (χ1) is 14.2. The number of nitrogens with zero attached hydrogens (tertiary/aromatic N) is 2. The van der Waals surface area contributed by atoms with Crippen molar-refractivity contribution in [3.8, 4) is 22.8 Å². The zero-order valence-corrected chi connectivity index (χ0v) is 16.8. The van der Waals surface area contributed by atoms with E-state index in [1.807, 2.05) is 12.1 Å². The molecule has 0 radical (unpaired) electrons. The molecule has 3 aromatic carbocycles. The fraction of sp³-hybridized carbons (Fsp3) is 0.240. The maximum Gasteiger partial charge on any atom is 0.161 e. The summed E-state index contributed by atoms with van der Waals surface area (Å²) in [5.74, 6) is 0.618. The van der Waals surface area contributed by atoms with Gasteiger partial charge in [-0.2, -0.15) is 0 Å². The van der Waals surface area contributed by atoms with E-state index in [0.717, 1.165) is 42.8 Å². The molecule has 1 aromatic heterocycles. The van der Waals surface area contributed by atoms with Gasteiger partial charge in [-0.05, 0) is 59.1 Å². The number of pyridine rings is 1. The summed E-state index contributed by atoms with van der Waals surface area (Å²) in [5, 5.41) is 13.8. The van der Waals surface area contributed by atoms with Crippen LogP contribution in [-0.2, 0) is 13.0 Å². The Morgan fingerprint density at radius 3 is 2.76 bits per heavy atom. The van der Waals surface area contributed by atoms with Crippen LogP contribution >= 0.6 is 0 Å². The van der Waals surface area contributed by atoms with Crippen LogP contribution in [0.25, 0.3) is 32.9 Å². The number of hydrogen-bond acceptors (Lipinski definition) is 4. The van der Waals surface area contributed by atoms with Gasteiger partial charge in [-0.25, -0.2) is 4.98 Å². The van der Waals surface area contributed by atoms with E-state index in [9.17, 15) is 5.11 Å². The number of aromatic nitrogens is 1. The molecule has 146 valence electrons. The van der Waals surface area contributed by atoms with Crippen LogP contribution in [0.2, 0.25) is 0 Å². The fourth-order valence-corrected chi connectivity index (χ4v) is 4.50. The average molecular weight is 384 g/mol. The lowest BCUT2D eigenvalue weighted by Crippen LogP contribution is -2.31. The smallest absolute Gasteiger partial charge is 0.161 e. The SMILES string of the molecule is CCN1CCc2c(c(-c3ccc(O)c(OC)c3)nc3ccc4ccccc4c23)C1. The average Bonchev–Trinajstić information content (AvgIpc) is 2.78. The van der Waals surface area contributed by atoms with Crippen LogP contribution in [0.4, 0.5) is 0 Å². The lowest BCUT2D eigenvalue weighted by atomic mass is 9.89. The monoisotopic (exact) mass is 384 g/mol. The first kappa shape index (κ1) is 18.0. The molecule has 0 bridgehead atoms. The molecule has 4 heteroatoms. The molecule has 0 saturated carbocycles. The Morgan fingerprint density at radius 2 is 1.93 bits per heavy atom. The number of fused-ring (bicyclic) bond motifs is 5. The van der Waals surface area contributed by atoms with Gasteiger partial charge in [0.2, 0.25) is 0 Å². The zero-order chi connectivity index (χ0) is 20.0. The number of likely N-dealkylation sites (N-methyl/N-ethyl adjacent to an activating group) is 1. The lowest BCUT2D eigenvalue weighted by molar-refractivity contribution is 0.269. The van der Waals surface area contributed by atoms with Crippen LogP contribution in [0, 0.1) is 0 Å². The van der Waals surface area contributed by atoms with Crippen molar-refractivity contribution in [2.24, 2.45) is 0 Å². The van der Waals surface area contributed by atoms with Gasteiger partial charge in [0.25, 0.3) is 0 Å². The summed E-state index contributed by atoms with van der Waals surface area (Å²) in [4.78, 5) is 7.58. The Labute approximate surface area is 170 Å². The van der Waals surface area contributed by atoms with Crippen LogP contribution in [0.15, 0.2) is 54.6 Å². The van der Waals surface area contributed by atoms with Crippen LogP contribution in [0.5, 0.6) is 11.5 Å². The van der Waals surface area contributed by atoms with E-state index in [-0.39, 0.29) is 5.75 Å². The normalized spacial score (nSPS) is 14.3. The second-order valence-corrected chi connectivity index (χ2v) is 7.60. The highest BCUT2D eigenvalue weighted by molar-refractivity contribution is 6.09.